The fourth-order valence-electron chi connectivity index (χ4n) is 3.66. The van der Waals surface area contributed by atoms with Crippen LogP contribution < -0.4 is 10.9 Å². The van der Waals surface area contributed by atoms with Crippen molar-refractivity contribution in [2.75, 3.05) is 19.6 Å². The quantitative estimate of drug-likeness (QED) is 0.814. The summed E-state index contributed by atoms with van der Waals surface area (Å²) >= 11 is 0. The van der Waals surface area contributed by atoms with Crippen molar-refractivity contribution >= 4 is 18.3 Å². The molecule has 5 nitrogen and oxygen atoms in total. The zero-order valence-electron chi connectivity index (χ0n) is 15.2. The second kappa shape index (κ2) is 8.19. The summed E-state index contributed by atoms with van der Waals surface area (Å²) in [6.07, 6.45) is 6.34. The molecule has 0 radical (unpaired) electrons. The maximum atomic E-state index is 12.6. The summed E-state index contributed by atoms with van der Waals surface area (Å²) in [4.78, 5) is 27.2. The van der Waals surface area contributed by atoms with E-state index in [1.807, 2.05) is 0 Å². The standard InChI is InChI=1S/C19H27N3O2.ClH/c1-4-13(2)10-22-11-16(14-7-8-14)17(12-22)20-18(23)15-6-5-9-21(3)19(15)24;/h4-6,9,14,16-17H,7-8,10-12H2,1-3H3,(H,20,23);1H/t16-,17+;/m1./s1. The Kier molecular flexibility index (Phi) is 6.47. The number of nitrogens with zero attached hydrogens (tertiary/aromatic N) is 2. The van der Waals surface area contributed by atoms with Crippen LogP contribution in [0.1, 0.15) is 37.0 Å². The van der Waals surface area contributed by atoms with E-state index in [4.69, 9.17) is 0 Å². The summed E-state index contributed by atoms with van der Waals surface area (Å²) < 4.78 is 1.45. The van der Waals surface area contributed by atoms with Crippen LogP contribution in [0.4, 0.5) is 0 Å². The summed E-state index contributed by atoms with van der Waals surface area (Å²) in [6, 6.07) is 3.49. The molecule has 1 N–H and O–H groups in total. The third-order valence-corrected chi connectivity index (χ3v) is 5.32. The molecule has 25 heavy (non-hydrogen) atoms. The molecule has 1 aromatic heterocycles. The lowest BCUT2D eigenvalue weighted by Gasteiger charge is -2.19. The molecule has 0 bridgehead atoms. The number of nitrogens with one attached hydrogen (secondary N) is 1. The van der Waals surface area contributed by atoms with Crippen molar-refractivity contribution in [2.24, 2.45) is 18.9 Å². The number of halogens is 1. The largest absolute Gasteiger partial charge is 0.348 e. The Morgan fingerprint density at radius 2 is 2.08 bits per heavy atom. The first kappa shape index (κ1) is 19.7. The summed E-state index contributed by atoms with van der Waals surface area (Å²) in [5.41, 5.74) is 1.35. The Morgan fingerprint density at radius 1 is 1.36 bits per heavy atom. The molecule has 2 fully saturated rings. The minimum atomic E-state index is -0.239. The lowest BCUT2D eigenvalue weighted by Crippen LogP contribution is -2.43. The normalized spacial score (nSPS) is 24.0. The molecule has 1 aromatic rings. The number of pyridine rings is 1. The maximum Gasteiger partial charge on any atom is 0.263 e. The molecular weight excluding hydrogens is 338 g/mol. The Labute approximate surface area is 155 Å². The second-order valence-electron chi connectivity index (χ2n) is 7.25. The zero-order valence-corrected chi connectivity index (χ0v) is 16.0. The van der Waals surface area contributed by atoms with E-state index in [-0.39, 0.29) is 35.5 Å². The molecular formula is C19H28ClN3O2. The lowest BCUT2D eigenvalue weighted by atomic mass is 9.98. The monoisotopic (exact) mass is 365 g/mol. The van der Waals surface area contributed by atoms with Gasteiger partial charge in [0.2, 0.25) is 0 Å². The lowest BCUT2D eigenvalue weighted by molar-refractivity contribution is 0.0926. The number of hydrogen-bond acceptors (Lipinski definition) is 3. The molecule has 138 valence electrons. The molecule has 0 spiro atoms. The maximum absolute atomic E-state index is 12.6. The SMILES string of the molecule is CC=C(C)CN1C[C@H](NC(=O)c2cccn(C)c2=O)[C@@H](C2CC2)C1.Cl. The van der Waals surface area contributed by atoms with Gasteiger partial charge in [-0.05, 0) is 50.7 Å². The van der Waals surface area contributed by atoms with Gasteiger partial charge in [0.1, 0.15) is 5.56 Å². The van der Waals surface area contributed by atoms with Gasteiger partial charge in [-0.1, -0.05) is 11.6 Å². The Hall–Kier alpha value is -1.59. The molecule has 0 aromatic carbocycles. The van der Waals surface area contributed by atoms with Crippen molar-refractivity contribution in [3.8, 4) is 0 Å². The predicted octanol–water partition coefficient (Wildman–Crippen LogP) is 2.21. The average molecular weight is 366 g/mol. The van der Waals surface area contributed by atoms with Gasteiger partial charge in [-0.15, -0.1) is 12.4 Å². The number of amides is 1. The minimum absolute atomic E-state index is 0. The molecule has 1 aliphatic carbocycles. The van der Waals surface area contributed by atoms with Crippen molar-refractivity contribution in [2.45, 2.75) is 32.7 Å². The number of rotatable bonds is 5. The second-order valence-corrected chi connectivity index (χ2v) is 7.25. The molecule has 2 atom stereocenters. The summed E-state index contributed by atoms with van der Waals surface area (Å²) in [6.45, 7) is 7.07. The predicted molar refractivity (Wildman–Crippen MR) is 102 cm³/mol. The van der Waals surface area contributed by atoms with Crippen LogP contribution in [0.15, 0.2) is 34.8 Å². The minimum Gasteiger partial charge on any atom is -0.348 e. The Bertz CT molecular complexity index is 709. The fourth-order valence-corrected chi connectivity index (χ4v) is 3.66. The first-order valence-corrected chi connectivity index (χ1v) is 8.80. The summed E-state index contributed by atoms with van der Waals surface area (Å²) in [7, 11) is 1.67. The molecule has 1 saturated carbocycles. The zero-order chi connectivity index (χ0) is 17.3. The highest BCUT2D eigenvalue weighted by molar-refractivity contribution is 5.94. The number of hydrogen-bond donors (Lipinski definition) is 1. The van der Waals surface area contributed by atoms with Gasteiger partial charge < -0.3 is 9.88 Å². The van der Waals surface area contributed by atoms with Gasteiger partial charge in [-0.25, -0.2) is 0 Å². The molecule has 6 heteroatoms. The molecule has 0 unspecified atom stereocenters. The highest BCUT2D eigenvalue weighted by Crippen LogP contribution is 2.41. The number of aryl methyl sites for hydroxylation is 1. The number of carbonyl (C=O) groups is 1. The van der Waals surface area contributed by atoms with Gasteiger partial charge in [0, 0.05) is 38.9 Å². The molecule has 2 heterocycles. The Morgan fingerprint density at radius 3 is 2.72 bits per heavy atom. The molecule has 1 aliphatic heterocycles. The van der Waals surface area contributed by atoms with E-state index in [1.54, 1.807) is 25.4 Å². The third-order valence-electron chi connectivity index (χ3n) is 5.32. The molecule has 3 rings (SSSR count). The highest BCUT2D eigenvalue weighted by Gasteiger charge is 2.43. The van der Waals surface area contributed by atoms with E-state index in [1.165, 1.54) is 23.0 Å². The number of aromatic nitrogens is 1. The van der Waals surface area contributed by atoms with Crippen LogP contribution in [0.3, 0.4) is 0 Å². The van der Waals surface area contributed by atoms with Gasteiger partial charge >= 0.3 is 0 Å². The number of allylic oxidation sites excluding steroid dienone is 1. The number of carbonyl (C=O) groups excluding carboxylic acids is 1. The fraction of sp³-hybridized carbons (Fsp3) is 0.579. The molecule has 1 saturated heterocycles. The smallest absolute Gasteiger partial charge is 0.263 e. The summed E-state index contributed by atoms with van der Waals surface area (Å²) in [5.74, 6) is 0.993. The van der Waals surface area contributed by atoms with Crippen LogP contribution in [0, 0.1) is 11.8 Å². The van der Waals surface area contributed by atoms with E-state index >= 15 is 0 Å². The van der Waals surface area contributed by atoms with Crippen LogP contribution in [0.25, 0.3) is 0 Å². The van der Waals surface area contributed by atoms with Crippen LogP contribution >= 0.6 is 12.4 Å². The Balaban J connectivity index is 0.00000225. The first-order valence-electron chi connectivity index (χ1n) is 8.80. The third kappa shape index (κ3) is 4.53. The first-order chi connectivity index (χ1) is 11.5. The van der Waals surface area contributed by atoms with Gasteiger partial charge in [-0.2, -0.15) is 0 Å². The van der Waals surface area contributed by atoms with Gasteiger partial charge in [0.25, 0.3) is 11.5 Å². The van der Waals surface area contributed by atoms with Crippen molar-refractivity contribution in [3.05, 3.63) is 45.9 Å². The van der Waals surface area contributed by atoms with Crippen molar-refractivity contribution in [1.82, 2.24) is 14.8 Å². The van der Waals surface area contributed by atoms with Crippen LogP contribution in [0.2, 0.25) is 0 Å². The summed E-state index contributed by atoms with van der Waals surface area (Å²) in [5, 5.41) is 3.14. The van der Waals surface area contributed by atoms with Crippen molar-refractivity contribution in [3.63, 3.8) is 0 Å². The van der Waals surface area contributed by atoms with E-state index in [2.05, 4.69) is 30.1 Å². The van der Waals surface area contributed by atoms with E-state index < -0.39 is 0 Å². The van der Waals surface area contributed by atoms with Gasteiger partial charge in [0.05, 0.1) is 0 Å². The van der Waals surface area contributed by atoms with Crippen LogP contribution in [-0.4, -0.2) is 41.1 Å². The van der Waals surface area contributed by atoms with Crippen LogP contribution in [-0.2, 0) is 7.05 Å². The van der Waals surface area contributed by atoms with E-state index in [0.717, 1.165) is 25.6 Å². The van der Waals surface area contributed by atoms with Gasteiger partial charge in [-0.3, -0.25) is 14.5 Å². The van der Waals surface area contributed by atoms with E-state index in [9.17, 15) is 9.59 Å². The topological polar surface area (TPSA) is 54.3 Å². The highest BCUT2D eigenvalue weighted by atomic mass is 35.5. The van der Waals surface area contributed by atoms with Crippen molar-refractivity contribution < 1.29 is 4.79 Å². The van der Waals surface area contributed by atoms with Gasteiger partial charge in [0.15, 0.2) is 0 Å². The van der Waals surface area contributed by atoms with Crippen molar-refractivity contribution in [1.29, 1.82) is 0 Å². The molecule has 2 aliphatic rings. The van der Waals surface area contributed by atoms with Crippen LogP contribution in [0.5, 0.6) is 0 Å². The molecule has 1 amide bonds. The average Bonchev–Trinajstić information content (AvgIpc) is 3.32. The number of likely N-dealkylation sites (tertiary alicyclic amines) is 1. The van der Waals surface area contributed by atoms with E-state index in [0.29, 0.717) is 5.92 Å².